The summed E-state index contributed by atoms with van der Waals surface area (Å²) in [6, 6.07) is 52.4. The van der Waals surface area contributed by atoms with E-state index in [1.54, 1.807) is 31.4 Å². The van der Waals surface area contributed by atoms with E-state index < -0.39 is 23.7 Å². The molecule has 8 aromatic carbocycles. The van der Waals surface area contributed by atoms with Gasteiger partial charge in [0.1, 0.15) is 46.0 Å². The number of rotatable bonds is 7. The molecule has 314 valence electrons. The zero-order chi connectivity index (χ0) is 43.8. The second-order valence-corrected chi connectivity index (χ2v) is 15.8. The molecule has 1 aliphatic carbocycles. The number of hydrogen-bond donors (Lipinski definition) is 5. The van der Waals surface area contributed by atoms with Gasteiger partial charge in [-0.05, 0) is 46.5 Å². The minimum Gasteiger partial charge on any atom is -0.507 e. The van der Waals surface area contributed by atoms with Gasteiger partial charge in [-0.1, -0.05) is 121 Å². The maximum atomic E-state index is 12.2. The fraction of sp³-hybridized carbons (Fsp3) is 0.127. The Balaban J connectivity index is 1.50. The molecule has 0 aliphatic heterocycles. The lowest BCUT2D eigenvalue weighted by molar-refractivity contribution is 0.395. The van der Waals surface area contributed by atoms with E-state index in [0.29, 0.717) is 61.8 Å². The predicted molar refractivity (Wildman–Crippen MR) is 243 cm³/mol. The van der Waals surface area contributed by atoms with Gasteiger partial charge in [-0.3, -0.25) is 0 Å². The number of aromatic hydroxyl groups is 5. The quantitative estimate of drug-likeness (QED) is 0.107. The topological polar surface area (TPSA) is 129 Å². The number of ether oxygens (including phenoxy) is 3. The summed E-state index contributed by atoms with van der Waals surface area (Å²) in [6.07, 6.45) is 0. The van der Waals surface area contributed by atoms with E-state index in [4.69, 9.17) is 14.2 Å². The first-order valence-corrected chi connectivity index (χ1v) is 20.7. The molecule has 8 aromatic rings. The van der Waals surface area contributed by atoms with Crippen molar-refractivity contribution < 1.29 is 39.7 Å². The van der Waals surface area contributed by atoms with Gasteiger partial charge in [0.05, 0.1) is 21.3 Å². The van der Waals surface area contributed by atoms with Gasteiger partial charge >= 0.3 is 0 Å². The minimum absolute atomic E-state index is 0.0433. The third-order valence-electron chi connectivity index (χ3n) is 12.3. The van der Waals surface area contributed by atoms with E-state index in [1.165, 1.54) is 20.3 Å². The molecule has 4 atom stereocenters. The first kappa shape index (κ1) is 40.6. The van der Waals surface area contributed by atoms with Gasteiger partial charge in [-0.2, -0.15) is 0 Å². The van der Waals surface area contributed by atoms with Gasteiger partial charge in [0.2, 0.25) is 0 Å². The van der Waals surface area contributed by atoms with Crippen molar-refractivity contribution in [1.29, 1.82) is 0 Å². The van der Waals surface area contributed by atoms with Crippen molar-refractivity contribution in [3.8, 4) is 46.0 Å². The highest BCUT2D eigenvalue weighted by molar-refractivity contribution is 5.67. The highest BCUT2D eigenvalue weighted by atomic mass is 16.5. The van der Waals surface area contributed by atoms with Crippen molar-refractivity contribution >= 4 is 0 Å². The molecule has 5 N–H and O–H groups in total. The van der Waals surface area contributed by atoms with E-state index in [1.807, 2.05) is 140 Å². The zero-order valence-electron chi connectivity index (χ0n) is 34.9. The summed E-state index contributed by atoms with van der Waals surface area (Å²) in [7, 11) is 4.63. The molecule has 0 heterocycles. The van der Waals surface area contributed by atoms with E-state index in [0.717, 1.165) is 22.3 Å². The first-order chi connectivity index (χ1) is 30.7. The third-order valence-corrected chi connectivity index (χ3v) is 12.3. The van der Waals surface area contributed by atoms with Crippen LogP contribution in [-0.2, 0) is 0 Å². The normalized spacial score (nSPS) is 16.8. The highest BCUT2D eigenvalue weighted by Gasteiger charge is 2.35. The van der Waals surface area contributed by atoms with Crippen LogP contribution in [0.1, 0.15) is 90.4 Å². The number of methoxy groups -OCH3 is 3. The van der Waals surface area contributed by atoms with Crippen LogP contribution in [0, 0.1) is 0 Å². The van der Waals surface area contributed by atoms with E-state index in [9.17, 15) is 25.5 Å². The molecule has 0 saturated heterocycles. The molecular weight excluding hydrogens is 789 g/mol. The van der Waals surface area contributed by atoms with Gasteiger partial charge in [0, 0.05) is 92.4 Å². The molecule has 0 amide bonds. The largest absolute Gasteiger partial charge is 0.507 e. The summed E-state index contributed by atoms with van der Waals surface area (Å²) < 4.78 is 18.2. The molecule has 0 spiro atoms. The molecule has 0 saturated carbocycles. The second-order valence-electron chi connectivity index (χ2n) is 15.8. The van der Waals surface area contributed by atoms with Crippen LogP contribution in [0.2, 0.25) is 0 Å². The van der Waals surface area contributed by atoms with Crippen LogP contribution in [0.3, 0.4) is 0 Å². The fourth-order valence-electron chi connectivity index (χ4n) is 9.47. The van der Waals surface area contributed by atoms with Crippen molar-refractivity contribution in [3.05, 3.63) is 237 Å². The fourth-order valence-corrected chi connectivity index (χ4v) is 9.47. The lowest BCUT2D eigenvalue weighted by Gasteiger charge is -2.30. The van der Waals surface area contributed by atoms with Gasteiger partial charge < -0.3 is 39.7 Å². The van der Waals surface area contributed by atoms with Crippen molar-refractivity contribution in [2.45, 2.75) is 23.7 Å². The predicted octanol–water partition coefficient (Wildman–Crippen LogP) is 11.3. The third kappa shape index (κ3) is 7.29. The Morgan fingerprint density at radius 2 is 0.476 bits per heavy atom. The summed E-state index contributed by atoms with van der Waals surface area (Å²) in [4.78, 5) is 0. The lowest BCUT2D eigenvalue weighted by Crippen LogP contribution is -2.14. The Hall–Kier alpha value is -7.84. The van der Waals surface area contributed by atoms with Crippen LogP contribution in [0.15, 0.2) is 170 Å². The van der Waals surface area contributed by atoms with Crippen LogP contribution < -0.4 is 14.2 Å². The molecule has 0 aromatic heterocycles. The number of benzene rings is 8. The monoisotopic (exact) mass is 834 g/mol. The highest BCUT2D eigenvalue weighted by Crippen LogP contribution is 2.54. The van der Waals surface area contributed by atoms with Crippen LogP contribution in [0.5, 0.6) is 46.0 Å². The van der Waals surface area contributed by atoms with Gasteiger partial charge in [-0.25, -0.2) is 0 Å². The Labute approximate surface area is 366 Å². The van der Waals surface area contributed by atoms with Crippen LogP contribution in [-0.4, -0.2) is 46.9 Å². The van der Waals surface area contributed by atoms with Crippen molar-refractivity contribution in [1.82, 2.24) is 0 Å². The lowest BCUT2D eigenvalue weighted by atomic mass is 9.75. The molecule has 8 bridgehead atoms. The number of phenols is 5. The van der Waals surface area contributed by atoms with Crippen LogP contribution >= 0.6 is 0 Å². The summed E-state index contributed by atoms with van der Waals surface area (Å²) in [5.74, 6) is -2.24. The van der Waals surface area contributed by atoms with E-state index in [-0.39, 0.29) is 28.7 Å². The molecule has 8 heteroatoms. The Bertz CT molecular complexity index is 2910. The van der Waals surface area contributed by atoms with Crippen LogP contribution in [0.25, 0.3) is 0 Å². The summed E-state index contributed by atoms with van der Waals surface area (Å²) >= 11 is 0. The SMILES string of the molecule is COc1cc(O)c2cc1C(c1ccccc1)c1cc(c(OC)cc1O)C(c1ccccc1)c1cc(c(OC)cc1O)C(c1ccccc1)c1cc(c(O)cc1O)C2c1ccccc1. The Kier molecular flexibility index (Phi) is 10.9. The maximum absolute atomic E-state index is 12.2. The Morgan fingerprint density at radius 1 is 0.270 bits per heavy atom. The standard InChI is InChI=1S/C55H46O8/c1-61-49-29-46(58)38-25-41(49)54(34-20-12-6-13-21-34)40-27-43(51(63-3)31-48(40)60)55(35-22-14-7-15-23-35)39-26-42(50(62-2)30-47(39)59)53(33-18-10-5-11-19-33)37-24-36(44(56)28-45(37)57)52(38)32-16-8-4-9-17-32/h4-31,52-60H,1-3H3. The molecule has 9 rings (SSSR count). The van der Waals surface area contributed by atoms with E-state index >= 15 is 0 Å². The van der Waals surface area contributed by atoms with Gasteiger partial charge in [0.15, 0.2) is 0 Å². The molecule has 1 aliphatic rings. The molecule has 0 radical (unpaired) electrons. The maximum Gasteiger partial charge on any atom is 0.126 e. The molecule has 0 fully saturated rings. The Morgan fingerprint density at radius 3 is 0.714 bits per heavy atom. The molecule has 4 unspecified atom stereocenters. The summed E-state index contributed by atoms with van der Waals surface area (Å²) in [6.45, 7) is 0. The average molecular weight is 835 g/mol. The average Bonchev–Trinajstić information content (AvgIpc) is 3.31. The molecule has 8 nitrogen and oxygen atoms in total. The summed E-state index contributed by atoms with van der Waals surface area (Å²) in [5, 5.41) is 60.7. The second kappa shape index (κ2) is 16.9. The molecule has 63 heavy (non-hydrogen) atoms. The number of fused-ring (bicyclic) bond motifs is 8. The number of phenolic OH excluding ortho intramolecular Hbond substituents is 5. The smallest absolute Gasteiger partial charge is 0.126 e. The first-order valence-electron chi connectivity index (χ1n) is 20.7. The summed E-state index contributed by atoms with van der Waals surface area (Å²) in [5.41, 5.74) is 7.47. The molecular formula is C55H46O8. The van der Waals surface area contributed by atoms with Crippen molar-refractivity contribution in [3.63, 3.8) is 0 Å². The number of hydrogen-bond acceptors (Lipinski definition) is 8. The zero-order valence-corrected chi connectivity index (χ0v) is 34.9. The van der Waals surface area contributed by atoms with Crippen molar-refractivity contribution in [2.75, 3.05) is 21.3 Å². The van der Waals surface area contributed by atoms with Crippen molar-refractivity contribution in [2.24, 2.45) is 0 Å². The van der Waals surface area contributed by atoms with Gasteiger partial charge in [0.25, 0.3) is 0 Å². The van der Waals surface area contributed by atoms with Crippen LogP contribution in [0.4, 0.5) is 0 Å². The van der Waals surface area contributed by atoms with E-state index in [2.05, 4.69) is 0 Å². The van der Waals surface area contributed by atoms with Gasteiger partial charge in [-0.15, -0.1) is 0 Å². The minimum atomic E-state index is -0.782.